The first-order valence-corrected chi connectivity index (χ1v) is 8.03. The van der Waals surface area contributed by atoms with Gasteiger partial charge in [0, 0.05) is 11.3 Å². The van der Waals surface area contributed by atoms with E-state index in [9.17, 15) is 14.7 Å². The van der Waals surface area contributed by atoms with Gasteiger partial charge in [0.2, 0.25) is 5.91 Å². The third kappa shape index (κ3) is 2.46. The molecule has 0 saturated carbocycles. The van der Waals surface area contributed by atoms with Crippen LogP contribution in [0.15, 0.2) is 11.3 Å². The Morgan fingerprint density at radius 2 is 2.19 bits per heavy atom. The molecule has 2 fully saturated rings. The number of carboxylic acids is 1. The zero-order chi connectivity index (χ0) is 15.2. The van der Waals surface area contributed by atoms with Crippen LogP contribution >= 0.6 is 11.8 Å². The summed E-state index contributed by atoms with van der Waals surface area (Å²) in [6.45, 7) is 3.63. The number of fused-ring (bicyclic) bond motifs is 1. The lowest BCUT2D eigenvalue weighted by molar-refractivity contribution is -0.912. The summed E-state index contributed by atoms with van der Waals surface area (Å²) in [6.07, 6.45) is 0. The van der Waals surface area contributed by atoms with Crippen molar-refractivity contribution in [3.8, 4) is 0 Å². The number of carbonyl (C=O) groups is 2. The highest BCUT2D eigenvalue weighted by Gasteiger charge is 2.50. The Morgan fingerprint density at radius 1 is 1.52 bits per heavy atom. The lowest BCUT2D eigenvalue weighted by Gasteiger charge is -2.50. The smallest absolute Gasteiger partial charge is 0.248 e. The lowest BCUT2D eigenvalue weighted by Crippen LogP contribution is -2.69. The van der Waals surface area contributed by atoms with Crippen molar-refractivity contribution in [2.75, 3.05) is 45.6 Å². The van der Waals surface area contributed by atoms with Gasteiger partial charge in [0.15, 0.2) is 0 Å². The molecular weight excluding hydrogens is 294 g/mol. The molecule has 3 aliphatic heterocycles. The first-order chi connectivity index (χ1) is 9.93. The van der Waals surface area contributed by atoms with E-state index >= 15 is 0 Å². The number of carbonyl (C=O) groups excluding carboxylic acids is 2. The Labute approximate surface area is 127 Å². The van der Waals surface area contributed by atoms with Gasteiger partial charge in [-0.2, -0.15) is 0 Å². The van der Waals surface area contributed by atoms with E-state index in [1.54, 1.807) is 0 Å². The molecule has 2 unspecified atom stereocenters. The second-order valence-electron chi connectivity index (χ2n) is 6.01. The van der Waals surface area contributed by atoms with Gasteiger partial charge in [0.1, 0.15) is 31.0 Å². The summed E-state index contributed by atoms with van der Waals surface area (Å²) in [7, 11) is 2.09. The summed E-state index contributed by atoms with van der Waals surface area (Å²) in [5.74, 6) is -1.02. The summed E-state index contributed by atoms with van der Waals surface area (Å²) >= 11 is 1.53. The zero-order valence-corrected chi connectivity index (χ0v) is 12.7. The molecule has 2 saturated heterocycles. The topological polar surface area (TPSA) is 95.7 Å². The maximum Gasteiger partial charge on any atom is 0.248 e. The van der Waals surface area contributed by atoms with Gasteiger partial charge in [0.25, 0.3) is 0 Å². The molecule has 3 rings (SSSR count). The number of rotatable bonds is 3. The van der Waals surface area contributed by atoms with Crippen molar-refractivity contribution in [3.63, 3.8) is 0 Å². The SMILES string of the molecule is C[N+]1(CC2=C(C(=O)[O-])N3C(=O)C(N)C3SC2)CCOCC1. The molecule has 2 N–H and O–H groups in total. The highest BCUT2D eigenvalue weighted by Crippen LogP contribution is 2.39. The molecule has 7 nitrogen and oxygen atoms in total. The molecule has 2 atom stereocenters. The molecule has 1 amide bonds. The Balaban J connectivity index is 1.87. The Morgan fingerprint density at radius 3 is 2.81 bits per heavy atom. The number of hydrogen-bond acceptors (Lipinski definition) is 6. The molecule has 0 aromatic rings. The summed E-state index contributed by atoms with van der Waals surface area (Å²) in [4.78, 5) is 24.7. The summed E-state index contributed by atoms with van der Waals surface area (Å²) in [6, 6.07) is -0.598. The van der Waals surface area contributed by atoms with Crippen LogP contribution < -0.4 is 10.8 Å². The molecule has 0 spiro atoms. The molecule has 21 heavy (non-hydrogen) atoms. The van der Waals surface area contributed by atoms with Crippen LogP contribution in [0.5, 0.6) is 0 Å². The third-order valence-corrected chi connectivity index (χ3v) is 5.77. The van der Waals surface area contributed by atoms with E-state index in [2.05, 4.69) is 7.05 Å². The number of aliphatic carboxylic acids is 1. The molecule has 0 aliphatic carbocycles. The number of morpholine rings is 1. The van der Waals surface area contributed by atoms with Crippen molar-refractivity contribution in [2.45, 2.75) is 11.4 Å². The van der Waals surface area contributed by atoms with E-state index < -0.39 is 12.0 Å². The molecular formula is C13H19N3O4S. The van der Waals surface area contributed by atoms with Crippen molar-refractivity contribution in [3.05, 3.63) is 11.3 Å². The van der Waals surface area contributed by atoms with E-state index in [0.29, 0.717) is 25.5 Å². The fourth-order valence-corrected chi connectivity index (χ4v) is 4.37. The van der Waals surface area contributed by atoms with Crippen molar-refractivity contribution in [2.24, 2.45) is 5.73 Å². The molecule has 0 aromatic heterocycles. The number of nitrogens with zero attached hydrogens (tertiary/aromatic N) is 2. The normalized spacial score (nSPS) is 31.7. The number of quaternary nitrogens is 1. The second kappa shape index (κ2) is 5.28. The first-order valence-electron chi connectivity index (χ1n) is 6.98. The van der Waals surface area contributed by atoms with Gasteiger partial charge in [-0.3, -0.25) is 9.69 Å². The largest absolute Gasteiger partial charge is 0.543 e. The van der Waals surface area contributed by atoms with Crippen LogP contribution in [0.3, 0.4) is 0 Å². The third-order valence-electron chi connectivity index (χ3n) is 4.41. The molecule has 0 bridgehead atoms. The van der Waals surface area contributed by atoms with Gasteiger partial charge < -0.3 is 24.9 Å². The van der Waals surface area contributed by atoms with Gasteiger partial charge >= 0.3 is 0 Å². The highest BCUT2D eigenvalue weighted by molar-refractivity contribution is 8.00. The predicted octanol–water partition coefficient (Wildman–Crippen LogP) is -2.29. The maximum absolute atomic E-state index is 11.9. The number of nitrogens with two attached hydrogens (primary N) is 1. The molecule has 3 aliphatic rings. The lowest BCUT2D eigenvalue weighted by atomic mass is 10.0. The average molecular weight is 313 g/mol. The second-order valence-corrected chi connectivity index (χ2v) is 7.12. The predicted molar refractivity (Wildman–Crippen MR) is 74.7 cm³/mol. The number of amides is 1. The van der Waals surface area contributed by atoms with Crippen LogP contribution in [0.25, 0.3) is 0 Å². The first kappa shape index (κ1) is 14.8. The van der Waals surface area contributed by atoms with Crippen LogP contribution in [0.2, 0.25) is 0 Å². The van der Waals surface area contributed by atoms with E-state index in [1.165, 1.54) is 16.7 Å². The molecule has 116 valence electrons. The quantitative estimate of drug-likeness (QED) is 0.465. The minimum Gasteiger partial charge on any atom is -0.543 e. The number of hydrogen-bond donors (Lipinski definition) is 1. The van der Waals surface area contributed by atoms with Crippen molar-refractivity contribution < 1.29 is 23.9 Å². The molecule has 8 heteroatoms. The van der Waals surface area contributed by atoms with Crippen molar-refractivity contribution in [1.82, 2.24) is 4.90 Å². The van der Waals surface area contributed by atoms with Crippen molar-refractivity contribution >= 4 is 23.6 Å². The van der Waals surface area contributed by atoms with Gasteiger partial charge in [-0.15, -0.1) is 11.8 Å². The molecule has 0 radical (unpaired) electrons. The molecule has 0 aromatic carbocycles. The van der Waals surface area contributed by atoms with Crippen LogP contribution in [-0.4, -0.2) is 78.3 Å². The number of β-lactam (4-membered cyclic amide) rings is 1. The molecule has 3 heterocycles. The number of ether oxygens (including phenoxy) is 1. The number of thioether (sulfide) groups is 1. The van der Waals surface area contributed by atoms with Gasteiger partial charge in [-0.05, 0) is 0 Å². The highest BCUT2D eigenvalue weighted by atomic mass is 32.2. The zero-order valence-electron chi connectivity index (χ0n) is 11.9. The fourth-order valence-electron chi connectivity index (χ4n) is 3.09. The standard InChI is InChI=1S/C13H19N3O4S/c1-16(2-4-20-5-3-16)6-8-7-21-12-9(14)11(17)15(12)10(8)13(18)19/h9,12H,2-7,14H2,1H3. The monoisotopic (exact) mass is 313 g/mol. The van der Waals surface area contributed by atoms with Gasteiger partial charge in [-0.25, -0.2) is 0 Å². The van der Waals surface area contributed by atoms with Crippen LogP contribution in [0.1, 0.15) is 0 Å². The van der Waals surface area contributed by atoms with E-state index in [1.807, 2.05) is 0 Å². The van der Waals surface area contributed by atoms with Crippen molar-refractivity contribution in [1.29, 1.82) is 0 Å². The van der Waals surface area contributed by atoms with E-state index in [-0.39, 0.29) is 17.0 Å². The summed E-state index contributed by atoms with van der Waals surface area (Å²) in [5, 5.41) is 11.2. The summed E-state index contributed by atoms with van der Waals surface area (Å²) in [5.41, 5.74) is 6.53. The van der Waals surface area contributed by atoms with Crippen LogP contribution in [0, 0.1) is 0 Å². The minimum atomic E-state index is -1.28. The number of carboxylic acid groups (broad SMARTS) is 1. The Bertz CT molecular complexity index is 516. The van der Waals surface area contributed by atoms with Gasteiger partial charge in [-0.1, -0.05) is 0 Å². The summed E-state index contributed by atoms with van der Waals surface area (Å²) < 4.78 is 6.09. The van der Waals surface area contributed by atoms with E-state index in [0.717, 1.165) is 23.1 Å². The minimum absolute atomic E-state index is 0.0382. The number of likely N-dealkylation sites (N-methyl/N-ethyl adjacent to an activating group) is 1. The van der Waals surface area contributed by atoms with Gasteiger partial charge in [0.05, 0.1) is 31.9 Å². The van der Waals surface area contributed by atoms with E-state index in [4.69, 9.17) is 10.5 Å². The van der Waals surface area contributed by atoms with Crippen LogP contribution in [-0.2, 0) is 14.3 Å². The fraction of sp³-hybridized carbons (Fsp3) is 0.692. The Kier molecular flexibility index (Phi) is 3.73. The van der Waals surface area contributed by atoms with Crippen LogP contribution in [0.4, 0.5) is 0 Å². The Hall–Kier alpha value is -1.09. The average Bonchev–Trinajstić information content (AvgIpc) is 2.46. The maximum atomic E-state index is 11.9.